The summed E-state index contributed by atoms with van der Waals surface area (Å²) in [5.41, 5.74) is 2.15. The molecule has 0 spiro atoms. The third-order valence-electron chi connectivity index (χ3n) is 4.58. The molecule has 1 amide bonds. The zero-order chi connectivity index (χ0) is 17.4. The van der Waals surface area contributed by atoms with Crippen LogP contribution in [-0.4, -0.2) is 22.4 Å². The molecule has 2 atom stereocenters. The van der Waals surface area contributed by atoms with E-state index < -0.39 is 11.6 Å². The SMILES string of the molecule is O=C(NCCc1nc2ccccc2[nH]1)[C@@H]1C[C@@H]1c1cc(F)ccc1F. The fourth-order valence-corrected chi connectivity index (χ4v) is 3.19. The molecule has 0 saturated heterocycles. The summed E-state index contributed by atoms with van der Waals surface area (Å²) >= 11 is 0. The summed E-state index contributed by atoms with van der Waals surface area (Å²) in [6.07, 6.45) is 1.14. The summed E-state index contributed by atoms with van der Waals surface area (Å²) in [5, 5.41) is 2.86. The zero-order valence-electron chi connectivity index (χ0n) is 13.4. The zero-order valence-corrected chi connectivity index (χ0v) is 13.4. The number of hydrogen-bond donors (Lipinski definition) is 2. The molecule has 0 aliphatic heterocycles. The van der Waals surface area contributed by atoms with Gasteiger partial charge in [-0.1, -0.05) is 12.1 Å². The molecule has 0 radical (unpaired) electrons. The third kappa shape index (κ3) is 3.24. The van der Waals surface area contributed by atoms with Crippen molar-refractivity contribution < 1.29 is 13.6 Å². The third-order valence-corrected chi connectivity index (χ3v) is 4.58. The lowest BCUT2D eigenvalue weighted by Gasteiger charge is -2.05. The van der Waals surface area contributed by atoms with Crippen LogP contribution in [0.25, 0.3) is 11.0 Å². The van der Waals surface area contributed by atoms with Gasteiger partial charge in [-0.15, -0.1) is 0 Å². The van der Waals surface area contributed by atoms with Gasteiger partial charge < -0.3 is 10.3 Å². The number of imidazole rings is 1. The first-order chi connectivity index (χ1) is 12.1. The summed E-state index contributed by atoms with van der Waals surface area (Å²) in [5.74, 6) is -0.764. The largest absolute Gasteiger partial charge is 0.355 e. The van der Waals surface area contributed by atoms with E-state index in [1.807, 2.05) is 24.3 Å². The lowest BCUT2D eigenvalue weighted by Crippen LogP contribution is -2.27. The van der Waals surface area contributed by atoms with E-state index in [9.17, 15) is 13.6 Å². The van der Waals surface area contributed by atoms with Gasteiger partial charge in [0.05, 0.1) is 11.0 Å². The van der Waals surface area contributed by atoms with Crippen molar-refractivity contribution >= 4 is 16.9 Å². The minimum absolute atomic E-state index is 0.121. The van der Waals surface area contributed by atoms with E-state index in [-0.39, 0.29) is 23.3 Å². The molecule has 0 unspecified atom stereocenters. The van der Waals surface area contributed by atoms with Crippen molar-refractivity contribution in [3.63, 3.8) is 0 Å². The molecule has 1 aliphatic rings. The van der Waals surface area contributed by atoms with E-state index in [1.165, 1.54) is 6.07 Å². The topological polar surface area (TPSA) is 57.8 Å². The van der Waals surface area contributed by atoms with Gasteiger partial charge in [-0.3, -0.25) is 4.79 Å². The van der Waals surface area contributed by atoms with Crippen LogP contribution < -0.4 is 5.32 Å². The van der Waals surface area contributed by atoms with Gasteiger partial charge in [0.1, 0.15) is 17.5 Å². The van der Waals surface area contributed by atoms with E-state index in [4.69, 9.17) is 0 Å². The van der Waals surface area contributed by atoms with Crippen LogP contribution in [0.4, 0.5) is 8.78 Å². The van der Waals surface area contributed by atoms with Crippen molar-refractivity contribution in [2.45, 2.75) is 18.8 Å². The second-order valence-electron chi connectivity index (χ2n) is 6.36. The molecular formula is C19H17F2N3O. The van der Waals surface area contributed by atoms with Gasteiger partial charge in [-0.2, -0.15) is 0 Å². The van der Waals surface area contributed by atoms with Gasteiger partial charge in [0.25, 0.3) is 0 Å². The van der Waals surface area contributed by atoms with Crippen LogP contribution in [0.15, 0.2) is 42.5 Å². The highest BCUT2D eigenvalue weighted by molar-refractivity contribution is 5.83. The second kappa shape index (κ2) is 6.27. The summed E-state index contributed by atoms with van der Waals surface area (Å²) in [7, 11) is 0. The minimum atomic E-state index is -0.479. The second-order valence-corrected chi connectivity index (χ2v) is 6.36. The lowest BCUT2D eigenvalue weighted by atomic mass is 10.1. The standard InChI is InChI=1S/C19H17F2N3O/c20-11-5-6-15(21)13(9-11)12-10-14(12)19(25)22-8-7-18-23-16-3-1-2-4-17(16)24-18/h1-6,9,12,14H,7-8,10H2,(H,22,25)(H,23,24)/t12-,14-/m1/s1. The van der Waals surface area contributed by atoms with Crippen LogP contribution in [0.1, 0.15) is 23.7 Å². The highest BCUT2D eigenvalue weighted by Crippen LogP contribution is 2.48. The molecule has 128 valence electrons. The molecule has 1 saturated carbocycles. The summed E-state index contributed by atoms with van der Waals surface area (Å²) in [6.45, 7) is 0.452. The number of benzene rings is 2. The van der Waals surface area contributed by atoms with Crippen molar-refractivity contribution in [1.82, 2.24) is 15.3 Å². The van der Waals surface area contributed by atoms with Crippen molar-refractivity contribution in [1.29, 1.82) is 0 Å². The monoisotopic (exact) mass is 341 g/mol. The molecule has 3 aromatic rings. The van der Waals surface area contributed by atoms with Crippen LogP contribution in [0.2, 0.25) is 0 Å². The van der Waals surface area contributed by atoms with Gasteiger partial charge in [-0.25, -0.2) is 13.8 Å². The van der Waals surface area contributed by atoms with Gasteiger partial charge in [0, 0.05) is 18.9 Å². The quantitative estimate of drug-likeness (QED) is 0.748. The van der Waals surface area contributed by atoms with E-state index >= 15 is 0 Å². The van der Waals surface area contributed by atoms with Gasteiger partial charge >= 0.3 is 0 Å². The molecule has 4 nitrogen and oxygen atoms in total. The van der Waals surface area contributed by atoms with Crippen LogP contribution in [0, 0.1) is 17.6 Å². The molecule has 1 heterocycles. The number of amides is 1. The number of carbonyl (C=O) groups is 1. The van der Waals surface area contributed by atoms with E-state index in [1.54, 1.807) is 0 Å². The van der Waals surface area contributed by atoms with Gasteiger partial charge in [0.15, 0.2) is 0 Å². The highest BCUT2D eigenvalue weighted by atomic mass is 19.1. The van der Waals surface area contributed by atoms with Crippen LogP contribution in [0.3, 0.4) is 0 Å². The molecule has 25 heavy (non-hydrogen) atoms. The van der Waals surface area contributed by atoms with Gasteiger partial charge in [0.2, 0.25) is 5.91 Å². The normalized spacial score (nSPS) is 19.1. The molecule has 1 aromatic heterocycles. The Morgan fingerprint density at radius 3 is 2.92 bits per heavy atom. The van der Waals surface area contributed by atoms with Crippen LogP contribution in [-0.2, 0) is 11.2 Å². The fourth-order valence-electron chi connectivity index (χ4n) is 3.19. The Morgan fingerprint density at radius 2 is 2.08 bits per heavy atom. The predicted octanol–water partition coefficient (Wildman–Crippen LogP) is 3.30. The lowest BCUT2D eigenvalue weighted by molar-refractivity contribution is -0.122. The van der Waals surface area contributed by atoms with E-state index in [0.29, 0.717) is 19.4 Å². The minimum Gasteiger partial charge on any atom is -0.355 e. The first-order valence-electron chi connectivity index (χ1n) is 8.28. The number of nitrogens with zero attached hydrogens (tertiary/aromatic N) is 1. The number of H-pyrrole nitrogens is 1. The molecule has 6 heteroatoms. The predicted molar refractivity (Wildman–Crippen MR) is 90.0 cm³/mol. The van der Waals surface area contributed by atoms with E-state index in [2.05, 4.69) is 15.3 Å². The Kier molecular flexibility index (Phi) is 3.95. The summed E-state index contributed by atoms with van der Waals surface area (Å²) in [6, 6.07) is 11.1. The molecule has 2 N–H and O–H groups in total. The number of rotatable bonds is 5. The first kappa shape index (κ1) is 15.7. The Morgan fingerprint density at radius 1 is 1.24 bits per heavy atom. The fraction of sp³-hybridized carbons (Fsp3) is 0.263. The number of aromatic amines is 1. The maximum Gasteiger partial charge on any atom is 0.223 e. The van der Waals surface area contributed by atoms with E-state index in [0.717, 1.165) is 29.0 Å². The number of carbonyl (C=O) groups excluding carboxylic acids is 1. The maximum absolute atomic E-state index is 13.8. The highest BCUT2D eigenvalue weighted by Gasteiger charge is 2.45. The van der Waals surface area contributed by atoms with Crippen LogP contribution >= 0.6 is 0 Å². The Balaban J connectivity index is 1.32. The molecule has 1 aliphatic carbocycles. The average molecular weight is 341 g/mol. The smallest absolute Gasteiger partial charge is 0.223 e. The molecule has 0 bridgehead atoms. The summed E-state index contributed by atoms with van der Waals surface area (Å²) in [4.78, 5) is 19.9. The molecular weight excluding hydrogens is 324 g/mol. The number of fused-ring (bicyclic) bond motifs is 1. The molecule has 4 rings (SSSR count). The average Bonchev–Trinajstić information content (AvgIpc) is 3.29. The Bertz CT molecular complexity index is 904. The Hall–Kier alpha value is -2.76. The van der Waals surface area contributed by atoms with Crippen molar-refractivity contribution in [2.75, 3.05) is 6.54 Å². The van der Waals surface area contributed by atoms with Gasteiger partial charge in [-0.05, 0) is 48.2 Å². The molecule has 2 aromatic carbocycles. The number of nitrogens with one attached hydrogen (secondary N) is 2. The Labute approximate surface area is 143 Å². The number of aromatic nitrogens is 2. The van der Waals surface area contributed by atoms with Crippen molar-refractivity contribution in [2.24, 2.45) is 5.92 Å². The van der Waals surface area contributed by atoms with Crippen LogP contribution in [0.5, 0.6) is 0 Å². The van der Waals surface area contributed by atoms with Crippen molar-refractivity contribution in [3.8, 4) is 0 Å². The number of para-hydroxylation sites is 2. The maximum atomic E-state index is 13.8. The van der Waals surface area contributed by atoms with Crippen molar-refractivity contribution in [3.05, 3.63) is 65.5 Å². The molecule has 1 fully saturated rings. The number of hydrogen-bond acceptors (Lipinski definition) is 2. The summed E-state index contributed by atoms with van der Waals surface area (Å²) < 4.78 is 27.0. The number of halogens is 2. The first-order valence-corrected chi connectivity index (χ1v) is 8.28.